The maximum absolute atomic E-state index is 12.7. The zero-order valence-corrected chi connectivity index (χ0v) is 15.5. The number of nitrogens with zero attached hydrogens (tertiary/aromatic N) is 4. The molecule has 0 saturated carbocycles. The molecule has 3 aromatic heterocycles. The molecule has 154 valence electrons. The standard InChI is InChI=1S/C19H14F3N5O3/c1-27-15(10-29-13-4-2-12(3-5-13)19(20,21)22)14(9-24-27)18-25-17(26-30-18)11-6-7-23-16(28)8-11/h2-9H,10H2,1H3,(H,23,28). The summed E-state index contributed by atoms with van der Waals surface area (Å²) in [6.07, 6.45) is -1.42. The largest absolute Gasteiger partial charge is 0.487 e. The highest BCUT2D eigenvalue weighted by atomic mass is 19.4. The minimum atomic E-state index is -4.41. The van der Waals surface area contributed by atoms with E-state index in [-0.39, 0.29) is 29.6 Å². The van der Waals surface area contributed by atoms with Crippen molar-refractivity contribution >= 4 is 0 Å². The average Bonchev–Trinajstić information content (AvgIpc) is 3.33. The van der Waals surface area contributed by atoms with Crippen LogP contribution in [0.5, 0.6) is 5.75 Å². The Morgan fingerprint density at radius 1 is 1.20 bits per heavy atom. The van der Waals surface area contributed by atoms with E-state index in [2.05, 4.69) is 20.2 Å². The molecule has 30 heavy (non-hydrogen) atoms. The first-order chi connectivity index (χ1) is 14.3. The first-order valence-corrected chi connectivity index (χ1v) is 8.65. The van der Waals surface area contributed by atoms with Gasteiger partial charge in [-0.15, -0.1) is 0 Å². The molecular formula is C19H14F3N5O3. The topological polar surface area (TPSA) is 98.8 Å². The van der Waals surface area contributed by atoms with Gasteiger partial charge in [0, 0.05) is 24.9 Å². The van der Waals surface area contributed by atoms with Crippen LogP contribution in [0, 0.1) is 0 Å². The highest BCUT2D eigenvalue weighted by Crippen LogP contribution is 2.31. The second kappa shape index (κ2) is 7.50. The normalized spacial score (nSPS) is 11.6. The number of aromatic amines is 1. The smallest absolute Gasteiger partial charge is 0.416 e. The van der Waals surface area contributed by atoms with E-state index in [1.54, 1.807) is 13.1 Å². The summed E-state index contributed by atoms with van der Waals surface area (Å²) in [5, 5.41) is 8.03. The third-order valence-electron chi connectivity index (χ3n) is 4.31. The number of aromatic nitrogens is 5. The molecule has 4 rings (SSSR count). The molecule has 3 heterocycles. The molecule has 0 bridgehead atoms. The van der Waals surface area contributed by atoms with Gasteiger partial charge in [-0.25, -0.2) is 0 Å². The monoisotopic (exact) mass is 417 g/mol. The lowest BCUT2D eigenvalue weighted by molar-refractivity contribution is -0.137. The van der Waals surface area contributed by atoms with Crippen molar-refractivity contribution < 1.29 is 22.4 Å². The van der Waals surface area contributed by atoms with Gasteiger partial charge in [-0.1, -0.05) is 5.16 Å². The summed E-state index contributed by atoms with van der Waals surface area (Å²) < 4.78 is 50.5. The number of rotatable bonds is 5. The fourth-order valence-corrected chi connectivity index (χ4v) is 2.74. The molecule has 0 amide bonds. The van der Waals surface area contributed by atoms with E-state index in [9.17, 15) is 18.0 Å². The highest BCUT2D eigenvalue weighted by Gasteiger charge is 2.30. The molecule has 0 fully saturated rings. The van der Waals surface area contributed by atoms with Crippen LogP contribution in [-0.4, -0.2) is 24.9 Å². The molecule has 1 aromatic carbocycles. The Kier molecular flexibility index (Phi) is 4.86. The Morgan fingerprint density at radius 2 is 1.97 bits per heavy atom. The van der Waals surface area contributed by atoms with Gasteiger partial charge < -0.3 is 14.2 Å². The number of hydrogen-bond acceptors (Lipinski definition) is 6. The lowest BCUT2D eigenvalue weighted by atomic mass is 10.2. The van der Waals surface area contributed by atoms with Crippen LogP contribution in [0.2, 0.25) is 0 Å². The molecule has 0 aliphatic heterocycles. The molecule has 4 aromatic rings. The van der Waals surface area contributed by atoms with E-state index in [0.717, 1.165) is 12.1 Å². The number of halogens is 3. The number of H-pyrrole nitrogens is 1. The molecule has 0 saturated heterocycles. The molecular weight excluding hydrogens is 403 g/mol. The van der Waals surface area contributed by atoms with E-state index < -0.39 is 11.7 Å². The zero-order chi connectivity index (χ0) is 21.3. The summed E-state index contributed by atoms with van der Waals surface area (Å²) in [5.41, 5.74) is 0.518. The predicted octanol–water partition coefficient (Wildman–Crippen LogP) is 3.42. The van der Waals surface area contributed by atoms with Crippen LogP contribution >= 0.6 is 0 Å². The molecule has 0 atom stereocenters. The van der Waals surface area contributed by atoms with Gasteiger partial charge in [-0.05, 0) is 30.3 Å². The third-order valence-corrected chi connectivity index (χ3v) is 4.31. The molecule has 8 nitrogen and oxygen atoms in total. The number of nitrogens with one attached hydrogen (secondary N) is 1. The maximum Gasteiger partial charge on any atom is 0.416 e. The minimum Gasteiger partial charge on any atom is -0.487 e. The van der Waals surface area contributed by atoms with Crippen LogP contribution in [-0.2, 0) is 19.8 Å². The van der Waals surface area contributed by atoms with Crippen molar-refractivity contribution in [3.8, 4) is 28.6 Å². The molecule has 0 radical (unpaired) electrons. The van der Waals surface area contributed by atoms with Crippen molar-refractivity contribution in [2.45, 2.75) is 12.8 Å². The summed E-state index contributed by atoms with van der Waals surface area (Å²) >= 11 is 0. The predicted molar refractivity (Wildman–Crippen MR) is 98.3 cm³/mol. The Hall–Kier alpha value is -3.89. The Balaban J connectivity index is 1.55. The van der Waals surface area contributed by atoms with Gasteiger partial charge in [0.2, 0.25) is 11.4 Å². The molecule has 0 aliphatic carbocycles. The summed E-state index contributed by atoms with van der Waals surface area (Å²) in [6, 6.07) is 7.37. The fraction of sp³-hybridized carbons (Fsp3) is 0.158. The number of alkyl halides is 3. The van der Waals surface area contributed by atoms with Crippen LogP contribution in [0.15, 0.2) is 58.1 Å². The van der Waals surface area contributed by atoms with Crippen LogP contribution in [0.3, 0.4) is 0 Å². The molecule has 0 aliphatic rings. The van der Waals surface area contributed by atoms with Gasteiger partial charge in [0.1, 0.15) is 12.4 Å². The van der Waals surface area contributed by atoms with Gasteiger partial charge in [-0.3, -0.25) is 9.48 Å². The molecule has 0 spiro atoms. The van der Waals surface area contributed by atoms with E-state index in [4.69, 9.17) is 9.26 Å². The highest BCUT2D eigenvalue weighted by molar-refractivity contribution is 5.60. The van der Waals surface area contributed by atoms with Crippen molar-refractivity contribution in [3.05, 3.63) is 70.4 Å². The first-order valence-electron chi connectivity index (χ1n) is 8.65. The lowest BCUT2D eigenvalue weighted by Crippen LogP contribution is -2.06. The number of benzene rings is 1. The van der Waals surface area contributed by atoms with Crippen molar-refractivity contribution in [1.82, 2.24) is 24.9 Å². The van der Waals surface area contributed by atoms with Gasteiger partial charge in [0.05, 0.1) is 23.0 Å². The average molecular weight is 417 g/mol. The van der Waals surface area contributed by atoms with E-state index >= 15 is 0 Å². The summed E-state index contributed by atoms with van der Waals surface area (Å²) in [7, 11) is 1.68. The number of hydrogen-bond donors (Lipinski definition) is 1. The third kappa shape index (κ3) is 3.95. The van der Waals surface area contributed by atoms with Crippen LogP contribution in [0.25, 0.3) is 22.8 Å². The minimum absolute atomic E-state index is 0.0138. The van der Waals surface area contributed by atoms with Crippen molar-refractivity contribution in [2.75, 3.05) is 0 Å². The molecule has 1 N–H and O–H groups in total. The second-order valence-electron chi connectivity index (χ2n) is 6.30. The van der Waals surface area contributed by atoms with Gasteiger partial charge in [0.25, 0.3) is 5.89 Å². The maximum atomic E-state index is 12.7. The lowest BCUT2D eigenvalue weighted by Gasteiger charge is -2.10. The number of ether oxygens (including phenoxy) is 1. The number of pyridine rings is 1. The second-order valence-corrected chi connectivity index (χ2v) is 6.30. The SMILES string of the molecule is Cn1ncc(-c2nc(-c3cc[nH]c(=O)c3)no2)c1COc1ccc(C(F)(F)F)cc1. The van der Waals surface area contributed by atoms with Crippen LogP contribution < -0.4 is 10.3 Å². The van der Waals surface area contributed by atoms with E-state index in [1.165, 1.54) is 35.3 Å². The van der Waals surface area contributed by atoms with Crippen LogP contribution in [0.4, 0.5) is 13.2 Å². The zero-order valence-electron chi connectivity index (χ0n) is 15.5. The Morgan fingerprint density at radius 3 is 2.67 bits per heavy atom. The summed E-state index contributed by atoms with van der Waals surface area (Å²) in [6.45, 7) is 0.0138. The van der Waals surface area contributed by atoms with Crippen molar-refractivity contribution in [3.63, 3.8) is 0 Å². The van der Waals surface area contributed by atoms with E-state index in [0.29, 0.717) is 16.8 Å². The number of aryl methyl sites for hydroxylation is 1. The summed E-state index contributed by atoms with van der Waals surface area (Å²) in [4.78, 5) is 18.3. The summed E-state index contributed by atoms with van der Waals surface area (Å²) in [5.74, 6) is 0.670. The Bertz CT molecular complexity index is 1230. The van der Waals surface area contributed by atoms with Gasteiger partial charge >= 0.3 is 6.18 Å². The van der Waals surface area contributed by atoms with E-state index in [1.807, 2.05) is 0 Å². The Labute approximate surface area is 166 Å². The molecule has 0 unspecified atom stereocenters. The first kappa shape index (κ1) is 19.4. The van der Waals surface area contributed by atoms with Crippen molar-refractivity contribution in [2.24, 2.45) is 7.05 Å². The van der Waals surface area contributed by atoms with Crippen LogP contribution in [0.1, 0.15) is 11.3 Å². The fourth-order valence-electron chi connectivity index (χ4n) is 2.74. The van der Waals surface area contributed by atoms with Gasteiger partial charge in [0.15, 0.2) is 0 Å². The molecule has 11 heteroatoms. The van der Waals surface area contributed by atoms with Gasteiger partial charge in [-0.2, -0.15) is 23.3 Å². The quantitative estimate of drug-likeness (QED) is 0.534. The van der Waals surface area contributed by atoms with Crippen molar-refractivity contribution in [1.29, 1.82) is 0 Å².